The largest absolute Gasteiger partial charge is 0.372 e. The lowest BCUT2D eigenvalue weighted by atomic mass is 10.2. The second-order valence-corrected chi connectivity index (χ2v) is 5.55. The number of aromatic nitrogens is 1. The molecule has 4 nitrogen and oxygen atoms in total. The topological polar surface area (TPSA) is 54.0 Å². The van der Waals surface area contributed by atoms with E-state index in [1.165, 1.54) is 6.07 Å². The molecule has 0 fully saturated rings. The number of rotatable bonds is 7. The monoisotopic (exact) mass is 285 g/mol. The molecule has 1 aromatic rings. The van der Waals surface area contributed by atoms with E-state index in [0.29, 0.717) is 5.82 Å². The highest BCUT2D eigenvalue weighted by Crippen LogP contribution is 2.13. The number of amides is 1. The Morgan fingerprint density at radius 3 is 2.95 bits per heavy atom. The van der Waals surface area contributed by atoms with Gasteiger partial charge >= 0.3 is 0 Å². The fourth-order valence-electron chi connectivity index (χ4n) is 1.59. The molecule has 0 bridgehead atoms. The zero-order valence-electron chi connectivity index (χ0n) is 11.5. The number of pyridine rings is 1. The third-order valence-corrected chi connectivity index (χ3v) is 3.55. The fraction of sp³-hybridized carbons (Fsp3) is 0.538. The van der Waals surface area contributed by atoms with Crippen molar-refractivity contribution in [1.82, 2.24) is 10.3 Å². The molecule has 0 aromatic carbocycles. The van der Waals surface area contributed by atoms with Crippen LogP contribution in [0, 0.1) is 5.82 Å². The molecule has 0 aliphatic carbocycles. The van der Waals surface area contributed by atoms with Crippen molar-refractivity contribution in [1.29, 1.82) is 0 Å². The molecule has 1 heterocycles. The van der Waals surface area contributed by atoms with E-state index in [1.54, 1.807) is 7.05 Å². The maximum Gasteiger partial charge on any atom is 0.255 e. The van der Waals surface area contributed by atoms with Gasteiger partial charge in [0.1, 0.15) is 11.6 Å². The average Bonchev–Trinajstić information content (AvgIpc) is 2.39. The van der Waals surface area contributed by atoms with Gasteiger partial charge in [0.2, 0.25) is 0 Å². The molecule has 6 heteroatoms. The van der Waals surface area contributed by atoms with Gasteiger partial charge in [-0.3, -0.25) is 4.79 Å². The van der Waals surface area contributed by atoms with E-state index < -0.39 is 5.82 Å². The Morgan fingerprint density at radius 2 is 2.32 bits per heavy atom. The lowest BCUT2D eigenvalue weighted by Gasteiger charge is -2.15. The first kappa shape index (κ1) is 15.8. The number of carbonyl (C=O) groups excluding carboxylic acids is 1. The molecule has 0 saturated carbocycles. The van der Waals surface area contributed by atoms with Crippen molar-refractivity contribution in [3.8, 4) is 0 Å². The van der Waals surface area contributed by atoms with E-state index in [4.69, 9.17) is 0 Å². The van der Waals surface area contributed by atoms with E-state index in [9.17, 15) is 9.18 Å². The smallest absolute Gasteiger partial charge is 0.255 e. The van der Waals surface area contributed by atoms with E-state index >= 15 is 0 Å². The Kier molecular flexibility index (Phi) is 6.62. The number of halogens is 1. The number of anilines is 1. The number of carbonyl (C=O) groups is 1. The van der Waals surface area contributed by atoms with Crippen LogP contribution < -0.4 is 10.6 Å². The fourth-order valence-corrected chi connectivity index (χ4v) is 2.40. The minimum atomic E-state index is -0.515. The Bertz CT molecular complexity index is 428. The SMILES string of the molecule is CCSCCC(C)NC(=O)c1cc(F)cnc1NC. The summed E-state index contributed by atoms with van der Waals surface area (Å²) < 4.78 is 13.2. The first-order valence-electron chi connectivity index (χ1n) is 6.30. The number of thioether (sulfide) groups is 1. The molecule has 0 spiro atoms. The third kappa shape index (κ3) is 5.06. The van der Waals surface area contributed by atoms with Crippen molar-refractivity contribution in [2.45, 2.75) is 26.3 Å². The van der Waals surface area contributed by atoms with Gasteiger partial charge in [0.15, 0.2) is 0 Å². The number of nitrogens with one attached hydrogen (secondary N) is 2. The second-order valence-electron chi connectivity index (χ2n) is 4.16. The molecule has 0 radical (unpaired) electrons. The van der Waals surface area contributed by atoms with Gasteiger partial charge in [-0.25, -0.2) is 9.37 Å². The van der Waals surface area contributed by atoms with Crippen molar-refractivity contribution in [3.05, 3.63) is 23.6 Å². The summed E-state index contributed by atoms with van der Waals surface area (Å²) in [4.78, 5) is 15.9. The molecular formula is C13H20FN3OS. The number of hydrogen-bond donors (Lipinski definition) is 2. The predicted octanol–water partition coefficient (Wildman–Crippen LogP) is 2.52. The molecular weight excluding hydrogens is 265 g/mol. The predicted molar refractivity (Wildman–Crippen MR) is 78.3 cm³/mol. The van der Waals surface area contributed by atoms with Crippen LogP contribution in [0.2, 0.25) is 0 Å². The number of nitrogens with zero attached hydrogens (tertiary/aromatic N) is 1. The lowest BCUT2D eigenvalue weighted by Crippen LogP contribution is -2.33. The van der Waals surface area contributed by atoms with Gasteiger partial charge in [0, 0.05) is 13.1 Å². The molecule has 19 heavy (non-hydrogen) atoms. The molecule has 1 aromatic heterocycles. The summed E-state index contributed by atoms with van der Waals surface area (Å²) in [6.45, 7) is 4.05. The Morgan fingerprint density at radius 1 is 1.58 bits per heavy atom. The van der Waals surface area contributed by atoms with Crippen LogP contribution in [0.25, 0.3) is 0 Å². The molecule has 1 atom stereocenters. The summed E-state index contributed by atoms with van der Waals surface area (Å²) >= 11 is 1.83. The first-order chi connectivity index (χ1) is 9.08. The summed E-state index contributed by atoms with van der Waals surface area (Å²) in [5, 5.41) is 5.64. The Hall–Kier alpha value is -1.30. The minimum absolute atomic E-state index is 0.0551. The van der Waals surface area contributed by atoms with Crippen molar-refractivity contribution >= 4 is 23.5 Å². The highest BCUT2D eigenvalue weighted by atomic mass is 32.2. The van der Waals surface area contributed by atoms with Gasteiger partial charge in [-0.05, 0) is 30.9 Å². The van der Waals surface area contributed by atoms with Crippen LogP contribution in [0.1, 0.15) is 30.6 Å². The molecule has 106 valence electrons. The van der Waals surface area contributed by atoms with Crippen LogP contribution in [-0.2, 0) is 0 Å². The summed E-state index contributed by atoms with van der Waals surface area (Å²) in [5.74, 6) is 1.63. The molecule has 1 amide bonds. The van der Waals surface area contributed by atoms with Crippen LogP contribution in [0.4, 0.5) is 10.2 Å². The van der Waals surface area contributed by atoms with Crippen molar-refractivity contribution in [2.24, 2.45) is 0 Å². The Balaban J connectivity index is 2.64. The Labute approximate surface area is 117 Å². The minimum Gasteiger partial charge on any atom is -0.372 e. The highest BCUT2D eigenvalue weighted by molar-refractivity contribution is 7.99. The maximum atomic E-state index is 13.2. The van der Waals surface area contributed by atoms with Crippen molar-refractivity contribution in [3.63, 3.8) is 0 Å². The highest BCUT2D eigenvalue weighted by Gasteiger charge is 2.15. The van der Waals surface area contributed by atoms with Gasteiger partial charge in [0.25, 0.3) is 5.91 Å². The maximum absolute atomic E-state index is 13.2. The molecule has 0 saturated heterocycles. The van der Waals surface area contributed by atoms with Crippen LogP contribution >= 0.6 is 11.8 Å². The third-order valence-electron chi connectivity index (χ3n) is 2.61. The van der Waals surface area contributed by atoms with Gasteiger partial charge in [-0.2, -0.15) is 11.8 Å². The molecule has 1 unspecified atom stereocenters. The van der Waals surface area contributed by atoms with Gasteiger partial charge in [-0.1, -0.05) is 6.92 Å². The van der Waals surface area contributed by atoms with E-state index in [2.05, 4.69) is 22.5 Å². The van der Waals surface area contributed by atoms with E-state index in [-0.39, 0.29) is 17.5 Å². The standard InChI is InChI=1S/C13H20FN3OS/c1-4-19-6-5-9(2)17-13(18)11-7-10(14)8-16-12(11)15-3/h7-9H,4-6H2,1-3H3,(H,15,16)(H,17,18). The molecule has 2 N–H and O–H groups in total. The lowest BCUT2D eigenvalue weighted by molar-refractivity contribution is 0.0939. The summed E-state index contributed by atoms with van der Waals surface area (Å²) in [7, 11) is 1.65. The van der Waals surface area contributed by atoms with Crippen LogP contribution in [-0.4, -0.2) is 35.5 Å². The van der Waals surface area contributed by atoms with Crippen LogP contribution in [0.3, 0.4) is 0 Å². The molecule has 0 aliphatic rings. The van der Waals surface area contributed by atoms with Gasteiger partial charge in [0.05, 0.1) is 11.8 Å². The van der Waals surface area contributed by atoms with Crippen molar-refractivity contribution < 1.29 is 9.18 Å². The summed E-state index contributed by atoms with van der Waals surface area (Å²) in [6, 6.07) is 1.25. The van der Waals surface area contributed by atoms with Crippen LogP contribution in [0.15, 0.2) is 12.3 Å². The normalized spacial score (nSPS) is 12.0. The zero-order valence-corrected chi connectivity index (χ0v) is 12.3. The molecule has 0 aliphatic heterocycles. The zero-order chi connectivity index (χ0) is 14.3. The number of hydrogen-bond acceptors (Lipinski definition) is 4. The van der Waals surface area contributed by atoms with Crippen molar-refractivity contribution in [2.75, 3.05) is 23.9 Å². The van der Waals surface area contributed by atoms with E-state index in [0.717, 1.165) is 24.1 Å². The second kappa shape index (κ2) is 7.99. The van der Waals surface area contributed by atoms with Crippen LogP contribution in [0.5, 0.6) is 0 Å². The molecule has 1 rings (SSSR count). The van der Waals surface area contributed by atoms with E-state index in [1.807, 2.05) is 18.7 Å². The first-order valence-corrected chi connectivity index (χ1v) is 7.45. The summed E-state index contributed by atoms with van der Waals surface area (Å²) in [5.41, 5.74) is 0.234. The average molecular weight is 285 g/mol. The summed E-state index contributed by atoms with van der Waals surface area (Å²) in [6.07, 6.45) is 1.98. The quantitative estimate of drug-likeness (QED) is 0.756. The van der Waals surface area contributed by atoms with Gasteiger partial charge in [-0.15, -0.1) is 0 Å². The van der Waals surface area contributed by atoms with Gasteiger partial charge < -0.3 is 10.6 Å².